The van der Waals surface area contributed by atoms with E-state index in [1.807, 2.05) is 19.2 Å². The molecule has 0 spiro atoms. The number of hydrogen-bond donors (Lipinski definition) is 0. The fourth-order valence-corrected chi connectivity index (χ4v) is 4.52. The lowest BCUT2D eigenvalue weighted by molar-refractivity contribution is 0.311. The number of hydrogen-bond acceptors (Lipinski definition) is 4. The Kier molecular flexibility index (Phi) is 4.56. The monoisotopic (exact) mass is 338 g/mol. The van der Waals surface area contributed by atoms with Crippen LogP contribution in [0.5, 0.6) is 0 Å². The number of nitrogens with zero attached hydrogens (tertiary/aromatic N) is 4. The first-order valence-electron chi connectivity index (χ1n) is 7.80. The van der Waals surface area contributed by atoms with Gasteiger partial charge in [0.1, 0.15) is 5.76 Å². The van der Waals surface area contributed by atoms with Gasteiger partial charge < -0.3 is 4.42 Å². The molecule has 0 bridgehead atoms. The standard InChI is InChI=1S/C15H22N4O3S/c1-3-18-12-13(10-16-18)11-17(2)23(20,21)19-8-4-6-14(19)15-7-5-9-22-15/h5,7,9-10,12,14H,3-4,6,8,11H2,1-2H3/t14-/m1/s1. The Balaban J connectivity index is 1.76. The Morgan fingerprint density at radius 2 is 2.30 bits per heavy atom. The van der Waals surface area contributed by atoms with Gasteiger partial charge in [0.2, 0.25) is 0 Å². The fourth-order valence-electron chi connectivity index (χ4n) is 2.96. The van der Waals surface area contributed by atoms with Gasteiger partial charge in [0.15, 0.2) is 0 Å². The molecule has 0 aromatic carbocycles. The molecule has 0 unspecified atom stereocenters. The average Bonchev–Trinajstić information content (AvgIpc) is 3.27. The number of furan rings is 1. The van der Waals surface area contributed by atoms with E-state index >= 15 is 0 Å². The van der Waals surface area contributed by atoms with E-state index in [-0.39, 0.29) is 6.04 Å². The Morgan fingerprint density at radius 1 is 1.48 bits per heavy atom. The van der Waals surface area contributed by atoms with E-state index < -0.39 is 10.2 Å². The van der Waals surface area contributed by atoms with Crippen LogP contribution in [0.1, 0.15) is 37.1 Å². The quantitative estimate of drug-likeness (QED) is 0.808. The molecule has 1 saturated heterocycles. The summed E-state index contributed by atoms with van der Waals surface area (Å²) in [5, 5.41) is 4.19. The van der Waals surface area contributed by atoms with Crippen molar-refractivity contribution in [1.82, 2.24) is 18.4 Å². The molecule has 1 aliphatic heterocycles. The van der Waals surface area contributed by atoms with Gasteiger partial charge >= 0.3 is 0 Å². The summed E-state index contributed by atoms with van der Waals surface area (Å²) in [5.41, 5.74) is 0.881. The first-order chi connectivity index (χ1) is 11.0. The first kappa shape index (κ1) is 16.2. The molecule has 8 heteroatoms. The molecular weight excluding hydrogens is 316 g/mol. The van der Waals surface area contributed by atoms with E-state index in [9.17, 15) is 8.42 Å². The number of aromatic nitrogens is 2. The molecule has 7 nitrogen and oxygen atoms in total. The lowest BCUT2D eigenvalue weighted by Gasteiger charge is -2.27. The highest BCUT2D eigenvalue weighted by Gasteiger charge is 2.38. The SMILES string of the molecule is CCn1cc(CN(C)S(=O)(=O)N2CCC[C@@H]2c2ccco2)cn1. The molecule has 2 aromatic heterocycles. The Hall–Kier alpha value is -1.64. The second-order valence-electron chi connectivity index (χ2n) is 5.75. The zero-order chi connectivity index (χ0) is 16.4. The van der Waals surface area contributed by atoms with Crippen LogP contribution in [0, 0.1) is 0 Å². The van der Waals surface area contributed by atoms with Crippen molar-refractivity contribution in [3.63, 3.8) is 0 Å². The normalized spacial score (nSPS) is 19.7. The van der Waals surface area contributed by atoms with Crippen LogP contribution < -0.4 is 0 Å². The van der Waals surface area contributed by atoms with E-state index in [4.69, 9.17) is 4.42 Å². The minimum atomic E-state index is -3.54. The van der Waals surface area contributed by atoms with Crippen molar-refractivity contribution in [3.05, 3.63) is 42.1 Å². The van der Waals surface area contributed by atoms with E-state index in [1.165, 1.54) is 8.61 Å². The van der Waals surface area contributed by atoms with Crippen molar-refractivity contribution < 1.29 is 12.8 Å². The molecule has 0 aliphatic carbocycles. The third kappa shape index (κ3) is 3.19. The molecule has 1 aliphatic rings. The van der Waals surface area contributed by atoms with E-state index in [0.29, 0.717) is 18.8 Å². The van der Waals surface area contributed by atoms with Crippen LogP contribution in [0.3, 0.4) is 0 Å². The molecule has 2 aromatic rings. The van der Waals surface area contributed by atoms with Crippen molar-refractivity contribution in [2.45, 2.75) is 38.9 Å². The fraction of sp³-hybridized carbons (Fsp3) is 0.533. The van der Waals surface area contributed by atoms with Gasteiger partial charge in [-0.05, 0) is 31.9 Å². The minimum Gasteiger partial charge on any atom is -0.468 e. The van der Waals surface area contributed by atoms with Crippen LogP contribution in [0.15, 0.2) is 35.2 Å². The van der Waals surface area contributed by atoms with Crippen molar-refractivity contribution in [3.8, 4) is 0 Å². The number of rotatable bonds is 6. The van der Waals surface area contributed by atoms with Crippen molar-refractivity contribution in [2.75, 3.05) is 13.6 Å². The summed E-state index contributed by atoms with van der Waals surface area (Å²) in [5.74, 6) is 0.707. The molecule has 3 heterocycles. The molecule has 0 saturated carbocycles. The molecule has 1 atom stereocenters. The Bertz CT molecular complexity index is 739. The highest BCUT2D eigenvalue weighted by molar-refractivity contribution is 7.86. The highest BCUT2D eigenvalue weighted by Crippen LogP contribution is 2.35. The molecule has 126 valence electrons. The summed E-state index contributed by atoms with van der Waals surface area (Å²) in [7, 11) is -1.93. The molecule has 0 N–H and O–H groups in total. The Labute approximate surface area is 136 Å². The third-order valence-corrected chi connectivity index (χ3v) is 6.13. The van der Waals surface area contributed by atoms with E-state index in [2.05, 4.69) is 5.10 Å². The summed E-state index contributed by atoms with van der Waals surface area (Å²) >= 11 is 0. The maximum Gasteiger partial charge on any atom is 0.282 e. The second-order valence-corrected chi connectivity index (χ2v) is 7.74. The minimum absolute atomic E-state index is 0.212. The van der Waals surface area contributed by atoms with Gasteiger partial charge in [-0.15, -0.1) is 0 Å². The molecule has 0 radical (unpaired) electrons. The summed E-state index contributed by atoms with van der Waals surface area (Å²) in [6.07, 6.45) is 6.80. The van der Waals surface area contributed by atoms with Gasteiger partial charge in [0.05, 0.1) is 18.5 Å². The zero-order valence-electron chi connectivity index (χ0n) is 13.4. The van der Waals surface area contributed by atoms with Crippen LogP contribution >= 0.6 is 0 Å². The Morgan fingerprint density at radius 3 is 2.96 bits per heavy atom. The average molecular weight is 338 g/mol. The van der Waals surface area contributed by atoms with Crippen molar-refractivity contribution in [1.29, 1.82) is 0 Å². The van der Waals surface area contributed by atoms with Gasteiger partial charge in [-0.1, -0.05) is 0 Å². The lowest BCUT2D eigenvalue weighted by Crippen LogP contribution is -2.41. The van der Waals surface area contributed by atoms with Gasteiger partial charge in [-0.2, -0.15) is 22.1 Å². The number of aryl methyl sites for hydroxylation is 1. The van der Waals surface area contributed by atoms with Crippen LogP contribution in [0.25, 0.3) is 0 Å². The summed E-state index contributed by atoms with van der Waals surface area (Å²) < 4.78 is 35.9. The second kappa shape index (κ2) is 6.46. The lowest BCUT2D eigenvalue weighted by atomic mass is 10.2. The van der Waals surface area contributed by atoms with Crippen LogP contribution in [-0.2, 0) is 23.3 Å². The molecule has 1 fully saturated rings. The topological polar surface area (TPSA) is 71.6 Å². The summed E-state index contributed by atoms with van der Waals surface area (Å²) in [4.78, 5) is 0. The van der Waals surface area contributed by atoms with E-state index in [0.717, 1.165) is 24.9 Å². The predicted molar refractivity (Wildman–Crippen MR) is 85.7 cm³/mol. The largest absolute Gasteiger partial charge is 0.468 e. The van der Waals surface area contributed by atoms with Gasteiger partial charge in [-0.3, -0.25) is 4.68 Å². The predicted octanol–water partition coefficient (Wildman–Crippen LogP) is 2.01. The molecule has 23 heavy (non-hydrogen) atoms. The van der Waals surface area contributed by atoms with Crippen molar-refractivity contribution in [2.24, 2.45) is 0 Å². The van der Waals surface area contributed by atoms with Gasteiger partial charge in [0.25, 0.3) is 10.2 Å². The molecule has 3 rings (SSSR count). The van der Waals surface area contributed by atoms with Crippen LogP contribution in [0.4, 0.5) is 0 Å². The van der Waals surface area contributed by atoms with Gasteiger partial charge in [0, 0.05) is 38.4 Å². The molecular formula is C15H22N4O3S. The highest BCUT2D eigenvalue weighted by atomic mass is 32.2. The van der Waals surface area contributed by atoms with Crippen LogP contribution in [0.2, 0.25) is 0 Å². The zero-order valence-corrected chi connectivity index (χ0v) is 14.2. The molecule has 0 amide bonds. The first-order valence-corrected chi connectivity index (χ1v) is 9.20. The maximum absolute atomic E-state index is 12.9. The van der Waals surface area contributed by atoms with Crippen molar-refractivity contribution >= 4 is 10.2 Å². The summed E-state index contributed by atoms with van der Waals surface area (Å²) in [6, 6.07) is 3.42. The van der Waals surface area contributed by atoms with Crippen LogP contribution in [-0.4, -0.2) is 40.4 Å². The third-order valence-electron chi connectivity index (χ3n) is 4.18. The van der Waals surface area contributed by atoms with E-state index in [1.54, 1.807) is 30.3 Å². The maximum atomic E-state index is 12.9. The van der Waals surface area contributed by atoms with Gasteiger partial charge in [-0.25, -0.2) is 0 Å². The summed E-state index contributed by atoms with van der Waals surface area (Å²) in [6.45, 7) is 3.59. The smallest absolute Gasteiger partial charge is 0.282 e.